The molecule has 1 aliphatic heterocycles. The molecule has 1 aromatic carbocycles. The minimum Gasteiger partial charge on any atom is -0.370 e. The molecule has 0 amide bonds. The number of nitrogens with two attached hydrogens (primary N) is 2. The number of halogens is 1. The molecular formula is C13H21IN4O2S2. The van der Waals surface area contributed by atoms with Gasteiger partial charge in [0.15, 0.2) is 5.96 Å². The van der Waals surface area contributed by atoms with Crippen LogP contribution >= 0.6 is 35.7 Å². The minimum atomic E-state index is -3.66. The summed E-state index contributed by atoms with van der Waals surface area (Å²) in [5, 5.41) is 5.11. The van der Waals surface area contributed by atoms with E-state index in [1.807, 2.05) is 18.7 Å². The summed E-state index contributed by atoms with van der Waals surface area (Å²) in [4.78, 5) is 6.59. The fourth-order valence-electron chi connectivity index (χ4n) is 2.08. The minimum absolute atomic E-state index is 0. The predicted octanol–water partition coefficient (Wildman–Crippen LogP) is 1.12. The van der Waals surface area contributed by atoms with Crippen molar-refractivity contribution in [3.8, 4) is 0 Å². The number of thioether (sulfide) groups is 1. The second-order valence-electron chi connectivity index (χ2n) is 4.91. The molecule has 9 heteroatoms. The highest BCUT2D eigenvalue weighted by atomic mass is 127. The highest BCUT2D eigenvalue weighted by Gasteiger charge is 2.13. The Morgan fingerprint density at radius 3 is 2.55 bits per heavy atom. The van der Waals surface area contributed by atoms with E-state index in [2.05, 4.69) is 9.89 Å². The van der Waals surface area contributed by atoms with E-state index in [4.69, 9.17) is 10.9 Å². The van der Waals surface area contributed by atoms with Crippen molar-refractivity contribution in [2.45, 2.75) is 18.4 Å². The van der Waals surface area contributed by atoms with Gasteiger partial charge in [0.25, 0.3) is 0 Å². The Bertz CT molecular complexity index is 643. The molecule has 0 radical (unpaired) electrons. The van der Waals surface area contributed by atoms with Crippen molar-refractivity contribution in [3.05, 3.63) is 29.3 Å². The summed E-state index contributed by atoms with van der Waals surface area (Å²) >= 11 is 1.92. The molecule has 1 saturated heterocycles. The van der Waals surface area contributed by atoms with E-state index in [0.29, 0.717) is 12.5 Å². The van der Waals surface area contributed by atoms with Crippen LogP contribution in [0.2, 0.25) is 0 Å². The van der Waals surface area contributed by atoms with Gasteiger partial charge in [0.05, 0.1) is 11.4 Å². The van der Waals surface area contributed by atoms with Crippen LogP contribution in [0.15, 0.2) is 28.1 Å². The molecule has 6 nitrogen and oxygen atoms in total. The van der Waals surface area contributed by atoms with Crippen molar-refractivity contribution < 1.29 is 8.42 Å². The van der Waals surface area contributed by atoms with Crippen LogP contribution in [-0.2, 0) is 16.6 Å². The maximum Gasteiger partial charge on any atom is 0.238 e. The van der Waals surface area contributed by atoms with E-state index in [1.165, 1.54) is 6.07 Å². The smallest absolute Gasteiger partial charge is 0.238 e. The Hall–Kier alpha value is -0.520. The van der Waals surface area contributed by atoms with Crippen LogP contribution in [0.1, 0.15) is 11.1 Å². The number of benzene rings is 1. The van der Waals surface area contributed by atoms with Gasteiger partial charge in [-0.1, -0.05) is 6.07 Å². The summed E-state index contributed by atoms with van der Waals surface area (Å²) in [5.74, 6) is 2.68. The van der Waals surface area contributed by atoms with E-state index in [0.717, 1.165) is 35.7 Å². The molecule has 1 aromatic rings. The van der Waals surface area contributed by atoms with E-state index in [1.54, 1.807) is 12.1 Å². The first kappa shape index (κ1) is 19.5. The van der Waals surface area contributed by atoms with E-state index < -0.39 is 10.0 Å². The topological polar surface area (TPSA) is 102 Å². The van der Waals surface area contributed by atoms with Gasteiger partial charge in [-0.2, -0.15) is 11.8 Å². The zero-order chi connectivity index (χ0) is 15.5. The Labute approximate surface area is 152 Å². The standard InChI is InChI=1S/C13H20N4O2S2.HI/c1-10-8-12(21(15,18)19)3-2-11(10)9-16-13(14)17-4-6-20-7-5-17;/h2-3,8H,4-7,9H2,1H3,(H2,14,16)(H2,15,18,19);1H. The first-order chi connectivity index (χ1) is 9.88. The molecule has 22 heavy (non-hydrogen) atoms. The molecular weight excluding hydrogens is 435 g/mol. The van der Waals surface area contributed by atoms with Gasteiger partial charge in [0, 0.05) is 24.6 Å². The van der Waals surface area contributed by atoms with Gasteiger partial charge in [-0.3, -0.25) is 0 Å². The zero-order valence-electron chi connectivity index (χ0n) is 12.4. The lowest BCUT2D eigenvalue weighted by atomic mass is 10.1. The Morgan fingerprint density at radius 1 is 1.36 bits per heavy atom. The summed E-state index contributed by atoms with van der Waals surface area (Å²) in [5.41, 5.74) is 7.78. The van der Waals surface area contributed by atoms with Crippen LogP contribution in [0.3, 0.4) is 0 Å². The first-order valence-corrected chi connectivity index (χ1v) is 9.33. The third kappa shape index (κ3) is 5.28. The Balaban J connectivity index is 0.00000242. The summed E-state index contributed by atoms with van der Waals surface area (Å²) in [7, 11) is -3.66. The van der Waals surface area contributed by atoms with Crippen molar-refractivity contribution in [1.82, 2.24) is 4.90 Å². The number of aryl methyl sites for hydroxylation is 1. The van der Waals surface area contributed by atoms with Crippen molar-refractivity contribution in [1.29, 1.82) is 0 Å². The van der Waals surface area contributed by atoms with Gasteiger partial charge in [0.1, 0.15) is 0 Å². The summed E-state index contributed by atoms with van der Waals surface area (Å²) < 4.78 is 22.6. The van der Waals surface area contributed by atoms with Gasteiger partial charge >= 0.3 is 0 Å². The third-order valence-electron chi connectivity index (χ3n) is 3.39. The molecule has 2 rings (SSSR count). The van der Waals surface area contributed by atoms with Gasteiger partial charge in [0.2, 0.25) is 10.0 Å². The number of aliphatic imine (C=N–C) groups is 1. The van der Waals surface area contributed by atoms with E-state index in [-0.39, 0.29) is 28.9 Å². The number of nitrogens with zero attached hydrogens (tertiary/aromatic N) is 2. The average Bonchev–Trinajstić information content (AvgIpc) is 2.45. The predicted molar refractivity (Wildman–Crippen MR) is 102 cm³/mol. The number of sulfonamides is 1. The second-order valence-corrected chi connectivity index (χ2v) is 7.69. The molecule has 4 N–H and O–H groups in total. The highest BCUT2D eigenvalue weighted by molar-refractivity contribution is 14.0. The molecule has 0 atom stereocenters. The lowest BCUT2D eigenvalue weighted by Gasteiger charge is -2.27. The fourth-order valence-corrected chi connectivity index (χ4v) is 3.58. The van der Waals surface area contributed by atoms with Crippen molar-refractivity contribution in [2.75, 3.05) is 24.6 Å². The van der Waals surface area contributed by atoms with E-state index >= 15 is 0 Å². The highest BCUT2D eigenvalue weighted by Crippen LogP contribution is 2.15. The van der Waals surface area contributed by atoms with Crippen LogP contribution in [0, 0.1) is 6.92 Å². The molecule has 1 heterocycles. The molecule has 0 aromatic heterocycles. The molecule has 0 unspecified atom stereocenters. The van der Waals surface area contributed by atoms with Crippen LogP contribution in [0.25, 0.3) is 0 Å². The van der Waals surface area contributed by atoms with Gasteiger partial charge in [-0.25, -0.2) is 18.5 Å². The van der Waals surface area contributed by atoms with Gasteiger partial charge in [-0.05, 0) is 30.2 Å². The Morgan fingerprint density at radius 2 is 2.00 bits per heavy atom. The van der Waals surface area contributed by atoms with Crippen LogP contribution < -0.4 is 10.9 Å². The molecule has 0 saturated carbocycles. The van der Waals surface area contributed by atoms with Gasteiger partial charge < -0.3 is 10.6 Å². The maximum absolute atomic E-state index is 11.3. The van der Waals surface area contributed by atoms with Crippen LogP contribution in [-0.4, -0.2) is 43.9 Å². The number of guanidine groups is 1. The van der Waals surface area contributed by atoms with Crippen molar-refractivity contribution in [3.63, 3.8) is 0 Å². The monoisotopic (exact) mass is 456 g/mol. The summed E-state index contributed by atoms with van der Waals surface area (Å²) in [6.07, 6.45) is 0. The molecule has 0 aliphatic carbocycles. The summed E-state index contributed by atoms with van der Waals surface area (Å²) in [6.45, 7) is 4.12. The lowest BCUT2D eigenvalue weighted by molar-refractivity contribution is 0.455. The second kappa shape index (κ2) is 8.37. The maximum atomic E-state index is 11.3. The SMILES string of the molecule is Cc1cc(S(N)(=O)=O)ccc1CN=C(N)N1CCSCC1.I. The molecule has 1 fully saturated rings. The zero-order valence-corrected chi connectivity index (χ0v) is 16.3. The number of hydrogen-bond donors (Lipinski definition) is 2. The average molecular weight is 456 g/mol. The van der Waals surface area contributed by atoms with Crippen molar-refractivity contribution in [2.24, 2.45) is 15.9 Å². The largest absolute Gasteiger partial charge is 0.370 e. The molecule has 1 aliphatic rings. The third-order valence-corrected chi connectivity index (χ3v) is 5.24. The van der Waals surface area contributed by atoms with Crippen LogP contribution in [0.5, 0.6) is 0 Å². The molecule has 0 spiro atoms. The summed E-state index contributed by atoms with van der Waals surface area (Å²) in [6, 6.07) is 4.80. The number of hydrogen-bond acceptors (Lipinski definition) is 4. The number of primary sulfonamides is 1. The number of rotatable bonds is 3. The van der Waals surface area contributed by atoms with Gasteiger partial charge in [-0.15, -0.1) is 24.0 Å². The first-order valence-electron chi connectivity index (χ1n) is 6.63. The molecule has 0 bridgehead atoms. The normalized spacial score (nSPS) is 16.3. The van der Waals surface area contributed by atoms with E-state index in [9.17, 15) is 8.42 Å². The van der Waals surface area contributed by atoms with Crippen LogP contribution in [0.4, 0.5) is 0 Å². The Kier molecular flexibility index (Phi) is 7.42. The molecule has 124 valence electrons. The fraction of sp³-hybridized carbons (Fsp3) is 0.462. The van der Waals surface area contributed by atoms with Crippen molar-refractivity contribution >= 4 is 51.7 Å². The quantitative estimate of drug-likeness (QED) is 0.403. The lowest BCUT2D eigenvalue weighted by Crippen LogP contribution is -2.42.